The van der Waals surface area contributed by atoms with E-state index in [0.29, 0.717) is 5.56 Å². The van der Waals surface area contributed by atoms with E-state index in [0.717, 1.165) is 6.07 Å². The van der Waals surface area contributed by atoms with Gasteiger partial charge in [0.2, 0.25) is 0 Å². The summed E-state index contributed by atoms with van der Waals surface area (Å²) < 4.78 is 44.5. The molecule has 1 atom stereocenters. The molecule has 0 fully saturated rings. The van der Waals surface area contributed by atoms with Crippen molar-refractivity contribution in [3.8, 4) is 0 Å². The number of nitrogens with zero attached hydrogens (tertiary/aromatic N) is 1. The number of halogens is 1. The highest BCUT2D eigenvalue weighted by Crippen LogP contribution is 2.22. The minimum atomic E-state index is -3.65. The average molecular weight is 419 g/mol. The van der Waals surface area contributed by atoms with Crippen LogP contribution < -0.4 is 10.0 Å². The molecule has 1 heterocycles. The van der Waals surface area contributed by atoms with Crippen molar-refractivity contribution in [2.75, 3.05) is 11.9 Å². The fraction of sp³-hybridized carbons (Fsp3) is 0.211. The van der Waals surface area contributed by atoms with E-state index in [9.17, 15) is 22.4 Å². The lowest BCUT2D eigenvalue weighted by atomic mass is 10.2. The monoisotopic (exact) mass is 419 g/mol. The van der Waals surface area contributed by atoms with Gasteiger partial charge in [-0.3, -0.25) is 19.3 Å². The first-order valence-electron chi connectivity index (χ1n) is 8.69. The molecule has 8 nitrogen and oxygen atoms in total. The highest BCUT2D eigenvalue weighted by atomic mass is 32.2. The molecule has 0 radical (unpaired) electrons. The van der Waals surface area contributed by atoms with Gasteiger partial charge in [0, 0.05) is 11.3 Å². The number of hydrogen-bond donors (Lipinski definition) is 2. The maximum Gasteiger partial charge on any atom is 0.308 e. The maximum absolute atomic E-state index is 13.1. The van der Waals surface area contributed by atoms with E-state index >= 15 is 0 Å². The van der Waals surface area contributed by atoms with E-state index in [-0.39, 0.29) is 29.4 Å². The van der Waals surface area contributed by atoms with Gasteiger partial charge in [-0.2, -0.15) is 0 Å². The number of carbonyl (C=O) groups excluding carboxylic acids is 2. The number of sulfonamides is 1. The number of aliphatic imine (C=N–C) groups is 1. The van der Waals surface area contributed by atoms with E-state index in [1.165, 1.54) is 31.2 Å². The molecule has 0 bridgehead atoms. The highest BCUT2D eigenvalue weighted by molar-refractivity contribution is 7.90. The standard InChI is InChI=1S/C19H18FN3O5S/c1-12(19(25)22-14-6-4-5-13(20)11-14)28-17(24)9-10-21-18-15-7-2-3-8-16(15)29(26,27)23-18/h2-8,11-12H,9-10H2,1H3,(H,21,23)(H,22,25). The van der Waals surface area contributed by atoms with Crippen molar-refractivity contribution in [2.45, 2.75) is 24.3 Å². The first-order chi connectivity index (χ1) is 13.8. The first-order valence-corrected chi connectivity index (χ1v) is 10.2. The Hall–Kier alpha value is -3.27. The predicted octanol–water partition coefficient (Wildman–Crippen LogP) is 1.82. The second-order valence-corrected chi connectivity index (χ2v) is 7.86. The van der Waals surface area contributed by atoms with Crippen LogP contribution in [0, 0.1) is 5.82 Å². The summed E-state index contributed by atoms with van der Waals surface area (Å²) in [6.07, 6.45) is -1.24. The van der Waals surface area contributed by atoms with E-state index < -0.39 is 33.8 Å². The number of amides is 1. The molecule has 0 saturated carbocycles. The molecule has 0 aliphatic carbocycles. The molecular weight excluding hydrogens is 401 g/mol. The van der Waals surface area contributed by atoms with Crippen molar-refractivity contribution in [1.82, 2.24) is 4.72 Å². The molecule has 2 aromatic rings. The first kappa shape index (κ1) is 20.5. The number of carbonyl (C=O) groups is 2. The van der Waals surface area contributed by atoms with Crippen molar-refractivity contribution in [3.05, 3.63) is 59.9 Å². The summed E-state index contributed by atoms with van der Waals surface area (Å²) in [4.78, 5) is 28.2. The molecule has 0 aromatic heterocycles. The van der Waals surface area contributed by atoms with Gasteiger partial charge in [0.25, 0.3) is 15.9 Å². The zero-order valence-corrected chi connectivity index (χ0v) is 16.2. The van der Waals surface area contributed by atoms with Gasteiger partial charge in [0.05, 0.1) is 17.9 Å². The van der Waals surface area contributed by atoms with Crippen molar-refractivity contribution in [3.63, 3.8) is 0 Å². The van der Waals surface area contributed by atoms with Crippen LogP contribution in [-0.2, 0) is 24.3 Å². The van der Waals surface area contributed by atoms with E-state index in [1.807, 2.05) is 0 Å². The van der Waals surface area contributed by atoms with Gasteiger partial charge in [0.1, 0.15) is 11.7 Å². The van der Waals surface area contributed by atoms with Crippen LogP contribution in [-0.4, -0.2) is 38.8 Å². The largest absolute Gasteiger partial charge is 0.452 e. The number of rotatable bonds is 6. The summed E-state index contributed by atoms with van der Waals surface area (Å²) in [7, 11) is -3.65. The van der Waals surface area contributed by atoms with Crippen LogP contribution >= 0.6 is 0 Å². The van der Waals surface area contributed by atoms with E-state index in [4.69, 9.17) is 4.74 Å². The maximum atomic E-state index is 13.1. The van der Waals surface area contributed by atoms with Gasteiger partial charge < -0.3 is 10.1 Å². The van der Waals surface area contributed by atoms with Crippen LogP contribution in [0.5, 0.6) is 0 Å². The molecule has 152 valence electrons. The summed E-state index contributed by atoms with van der Waals surface area (Å²) in [6, 6.07) is 11.7. The molecular formula is C19H18FN3O5S. The van der Waals surface area contributed by atoms with Crippen molar-refractivity contribution < 1.29 is 27.1 Å². The average Bonchev–Trinajstić information content (AvgIpc) is 2.92. The Labute approximate surface area is 166 Å². The lowest BCUT2D eigenvalue weighted by Gasteiger charge is -2.13. The number of hydrogen-bond acceptors (Lipinski definition) is 6. The SMILES string of the molecule is CC(OC(=O)CCN=C1NS(=O)(=O)c2ccccc21)C(=O)Nc1cccc(F)c1. The number of fused-ring (bicyclic) bond motifs is 1. The minimum Gasteiger partial charge on any atom is -0.452 e. The predicted molar refractivity (Wildman–Crippen MR) is 103 cm³/mol. The Bertz CT molecular complexity index is 1080. The molecule has 29 heavy (non-hydrogen) atoms. The van der Waals surface area contributed by atoms with Crippen LogP contribution in [0.2, 0.25) is 0 Å². The second-order valence-electron chi connectivity index (χ2n) is 6.21. The summed E-state index contributed by atoms with van der Waals surface area (Å²) in [5.74, 6) is -1.63. The summed E-state index contributed by atoms with van der Waals surface area (Å²) in [6.45, 7) is 1.36. The Balaban J connectivity index is 1.52. The third-order valence-corrected chi connectivity index (χ3v) is 5.42. The molecule has 1 aliphatic rings. The molecule has 10 heteroatoms. The van der Waals surface area contributed by atoms with Crippen molar-refractivity contribution >= 4 is 33.4 Å². The molecule has 0 spiro atoms. The van der Waals surface area contributed by atoms with Crippen LogP contribution in [0.25, 0.3) is 0 Å². The van der Waals surface area contributed by atoms with Crippen LogP contribution in [0.15, 0.2) is 58.4 Å². The van der Waals surface area contributed by atoms with Crippen LogP contribution in [0.3, 0.4) is 0 Å². The minimum absolute atomic E-state index is 0.0245. The fourth-order valence-electron chi connectivity index (χ4n) is 2.63. The number of anilines is 1. The highest BCUT2D eigenvalue weighted by Gasteiger charge is 2.30. The van der Waals surface area contributed by atoms with E-state index in [1.54, 1.807) is 18.2 Å². The Kier molecular flexibility index (Phi) is 5.92. The zero-order valence-electron chi connectivity index (χ0n) is 15.4. The second kappa shape index (κ2) is 8.39. The molecule has 0 saturated heterocycles. The normalized spacial score (nSPS) is 16.6. The van der Waals surface area contributed by atoms with Gasteiger partial charge in [-0.25, -0.2) is 12.8 Å². The summed E-state index contributed by atoms with van der Waals surface area (Å²) >= 11 is 0. The van der Waals surface area contributed by atoms with Gasteiger partial charge in [-0.1, -0.05) is 18.2 Å². The molecule has 2 N–H and O–H groups in total. The van der Waals surface area contributed by atoms with Gasteiger partial charge in [-0.05, 0) is 37.3 Å². The number of ether oxygens (including phenoxy) is 1. The van der Waals surface area contributed by atoms with Gasteiger partial charge in [-0.15, -0.1) is 0 Å². The Morgan fingerprint density at radius 3 is 2.72 bits per heavy atom. The lowest BCUT2D eigenvalue weighted by Crippen LogP contribution is -2.30. The summed E-state index contributed by atoms with van der Waals surface area (Å²) in [5.41, 5.74) is 0.681. The van der Waals surface area contributed by atoms with Gasteiger partial charge >= 0.3 is 5.97 Å². The Morgan fingerprint density at radius 2 is 1.97 bits per heavy atom. The summed E-state index contributed by atoms with van der Waals surface area (Å²) in [5, 5.41) is 2.45. The third kappa shape index (κ3) is 4.96. The third-order valence-electron chi connectivity index (χ3n) is 4.02. The number of amidine groups is 1. The zero-order chi connectivity index (χ0) is 21.0. The molecule has 1 amide bonds. The fourth-order valence-corrected chi connectivity index (χ4v) is 3.88. The van der Waals surface area contributed by atoms with Gasteiger partial charge in [0.15, 0.2) is 6.10 Å². The Morgan fingerprint density at radius 1 is 1.21 bits per heavy atom. The molecule has 1 aliphatic heterocycles. The van der Waals surface area contributed by atoms with Crippen molar-refractivity contribution in [2.24, 2.45) is 4.99 Å². The molecule has 2 aromatic carbocycles. The van der Waals surface area contributed by atoms with Crippen LogP contribution in [0.1, 0.15) is 18.9 Å². The smallest absolute Gasteiger partial charge is 0.308 e. The number of benzene rings is 2. The number of nitrogens with one attached hydrogen (secondary N) is 2. The lowest BCUT2D eigenvalue weighted by molar-refractivity contribution is -0.152. The van der Waals surface area contributed by atoms with Crippen LogP contribution in [0.4, 0.5) is 10.1 Å². The number of esters is 1. The quantitative estimate of drug-likeness (QED) is 0.694. The van der Waals surface area contributed by atoms with Crippen molar-refractivity contribution in [1.29, 1.82) is 0 Å². The van der Waals surface area contributed by atoms with E-state index in [2.05, 4.69) is 15.0 Å². The molecule has 1 unspecified atom stereocenters. The molecule has 3 rings (SSSR count). The topological polar surface area (TPSA) is 114 Å².